The number of likely N-dealkylation sites (N-methyl/N-ethyl adjacent to an activating group) is 1. The number of aryl methyl sites for hydroxylation is 1. The molecule has 32 heavy (non-hydrogen) atoms. The second-order valence-corrected chi connectivity index (χ2v) is 6.66. The first kappa shape index (κ1) is 27.4. The normalized spacial score (nSPS) is 10.9. The lowest BCUT2D eigenvalue weighted by molar-refractivity contribution is -0.122. The van der Waals surface area contributed by atoms with Crippen LogP contribution in [0.5, 0.6) is 11.5 Å². The molecule has 10 heteroatoms. The predicted molar refractivity (Wildman–Crippen MR) is 131 cm³/mol. The van der Waals surface area contributed by atoms with Crippen molar-refractivity contribution in [1.29, 1.82) is 0 Å². The van der Waals surface area contributed by atoms with Crippen molar-refractivity contribution in [3.8, 4) is 11.5 Å². The molecule has 2 aromatic carbocycles. The van der Waals surface area contributed by atoms with Crippen LogP contribution in [0.2, 0.25) is 0 Å². The number of aliphatic imine (C=N–C) groups is 1. The highest BCUT2D eigenvalue weighted by Gasteiger charge is 2.11. The Labute approximate surface area is 204 Å². The third kappa shape index (κ3) is 9.67. The maximum absolute atomic E-state index is 12.6. The summed E-state index contributed by atoms with van der Waals surface area (Å²) >= 11 is 0. The molecule has 0 spiro atoms. The van der Waals surface area contributed by atoms with E-state index < -0.39 is 6.61 Å². The summed E-state index contributed by atoms with van der Waals surface area (Å²) in [5.74, 6) is 1.03. The zero-order chi connectivity index (χ0) is 22.6. The highest BCUT2D eigenvalue weighted by atomic mass is 127. The zero-order valence-electron chi connectivity index (χ0n) is 18.3. The van der Waals surface area contributed by atoms with Gasteiger partial charge in [0.2, 0.25) is 0 Å². The number of alkyl halides is 2. The fourth-order valence-electron chi connectivity index (χ4n) is 2.78. The van der Waals surface area contributed by atoms with Crippen molar-refractivity contribution in [2.75, 3.05) is 20.2 Å². The summed E-state index contributed by atoms with van der Waals surface area (Å²) in [5, 5.41) is 8.93. The Kier molecular flexibility index (Phi) is 12.4. The Bertz CT molecular complexity index is 897. The van der Waals surface area contributed by atoms with Crippen molar-refractivity contribution in [3.05, 3.63) is 59.2 Å². The molecule has 0 radical (unpaired) electrons. The Morgan fingerprint density at radius 1 is 1.09 bits per heavy atom. The number of benzene rings is 2. The summed E-state index contributed by atoms with van der Waals surface area (Å²) in [4.78, 5) is 15.7. The first-order valence-electron chi connectivity index (χ1n) is 9.88. The molecule has 2 rings (SSSR count). The van der Waals surface area contributed by atoms with Gasteiger partial charge in [0.1, 0.15) is 11.5 Å². The number of carbonyl (C=O) groups is 1. The number of ether oxygens (including phenoxy) is 2. The van der Waals surface area contributed by atoms with Gasteiger partial charge in [-0.15, -0.1) is 24.0 Å². The van der Waals surface area contributed by atoms with Gasteiger partial charge < -0.3 is 25.4 Å². The molecule has 7 nitrogen and oxygen atoms in total. The van der Waals surface area contributed by atoms with Crippen LogP contribution >= 0.6 is 24.0 Å². The SMILES string of the molecule is CCNC(=O)COc1cccc(CNC(=NC)NCc2cc(C)ccc2OC(F)F)c1.I. The van der Waals surface area contributed by atoms with E-state index in [0.717, 1.165) is 11.1 Å². The number of hydrogen-bond donors (Lipinski definition) is 3. The first-order valence-corrected chi connectivity index (χ1v) is 9.88. The number of guanidine groups is 1. The summed E-state index contributed by atoms with van der Waals surface area (Å²) in [5.41, 5.74) is 2.46. The van der Waals surface area contributed by atoms with E-state index in [2.05, 4.69) is 25.7 Å². The molecule has 0 atom stereocenters. The Hall–Kier alpha value is -2.63. The summed E-state index contributed by atoms with van der Waals surface area (Å²) in [6.07, 6.45) is 0. The molecule has 0 bridgehead atoms. The second-order valence-electron chi connectivity index (χ2n) is 6.66. The Morgan fingerprint density at radius 3 is 2.53 bits per heavy atom. The third-order valence-corrected chi connectivity index (χ3v) is 4.20. The van der Waals surface area contributed by atoms with Crippen molar-refractivity contribution in [1.82, 2.24) is 16.0 Å². The minimum atomic E-state index is -2.89. The fourth-order valence-corrected chi connectivity index (χ4v) is 2.78. The molecule has 0 aliphatic heterocycles. The smallest absolute Gasteiger partial charge is 0.387 e. The molecule has 0 aliphatic rings. The third-order valence-electron chi connectivity index (χ3n) is 4.20. The van der Waals surface area contributed by atoms with Crippen LogP contribution in [0.25, 0.3) is 0 Å². The van der Waals surface area contributed by atoms with Gasteiger partial charge in [-0.3, -0.25) is 9.79 Å². The van der Waals surface area contributed by atoms with Crippen LogP contribution in [0.4, 0.5) is 8.78 Å². The number of nitrogens with zero attached hydrogens (tertiary/aromatic N) is 1. The van der Waals surface area contributed by atoms with E-state index in [1.807, 2.05) is 32.0 Å². The molecule has 2 aromatic rings. The topological polar surface area (TPSA) is 84.0 Å². The van der Waals surface area contributed by atoms with Gasteiger partial charge in [0.05, 0.1) is 0 Å². The summed E-state index contributed by atoms with van der Waals surface area (Å²) in [6, 6.07) is 12.4. The molecule has 0 aliphatic carbocycles. The number of carbonyl (C=O) groups excluding carboxylic acids is 1. The molecule has 3 N–H and O–H groups in total. The minimum Gasteiger partial charge on any atom is -0.484 e. The van der Waals surface area contributed by atoms with E-state index in [1.54, 1.807) is 25.2 Å². The van der Waals surface area contributed by atoms with Gasteiger partial charge in [0.25, 0.3) is 5.91 Å². The Balaban J connectivity index is 0.00000512. The molecule has 0 saturated heterocycles. The van der Waals surface area contributed by atoms with Crippen LogP contribution in [0, 0.1) is 6.92 Å². The van der Waals surface area contributed by atoms with Gasteiger partial charge >= 0.3 is 6.61 Å². The quantitative estimate of drug-likeness (QED) is 0.234. The number of amides is 1. The van der Waals surface area contributed by atoms with Crippen molar-refractivity contribution in [2.24, 2.45) is 4.99 Å². The van der Waals surface area contributed by atoms with Gasteiger partial charge in [-0.05, 0) is 37.6 Å². The molecule has 0 unspecified atom stereocenters. The highest BCUT2D eigenvalue weighted by Crippen LogP contribution is 2.22. The van der Waals surface area contributed by atoms with E-state index in [0.29, 0.717) is 30.4 Å². The van der Waals surface area contributed by atoms with Crippen LogP contribution < -0.4 is 25.4 Å². The number of halogens is 3. The summed E-state index contributed by atoms with van der Waals surface area (Å²) in [7, 11) is 1.62. The first-order chi connectivity index (χ1) is 14.9. The van der Waals surface area contributed by atoms with E-state index in [4.69, 9.17) is 4.74 Å². The monoisotopic (exact) mass is 562 g/mol. The largest absolute Gasteiger partial charge is 0.484 e. The highest BCUT2D eigenvalue weighted by molar-refractivity contribution is 14.0. The standard InChI is InChI=1S/C22H28F2N4O3.HI/c1-4-26-20(29)14-30-18-7-5-6-16(11-18)12-27-22(25-3)28-13-17-10-15(2)8-9-19(17)31-21(23)24;/h5-11,21H,4,12-14H2,1-3H3,(H,26,29)(H2,25,27,28);1H. The summed E-state index contributed by atoms with van der Waals surface area (Å²) < 4.78 is 35.3. The van der Waals surface area contributed by atoms with Crippen molar-refractivity contribution >= 4 is 35.8 Å². The van der Waals surface area contributed by atoms with Crippen LogP contribution in [0.1, 0.15) is 23.6 Å². The van der Waals surface area contributed by atoms with Crippen LogP contribution in [-0.4, -0.2) is 38.7 Å². The summed E-state index contributed by atoms with van der Waals surface area (Å²) in [6.45, 7) is 2.05. The molecular formula is C22H29F2IN4O3. The minimum absolute atomic E-state index is 0. The lowest BCUT2D eigenvalue weighted by Crippen LogP contribution is -2.36. The van der Waals surface area contributed by atoms with Gasteiger partial charge in [-0.1, -0.05) is 29.8 Å². The molecule has 0 saturated carbocycles. The van der Waals surface area contributed by atoms with E-state index >= 15 is 0 Å². The molecule has 0 fully saturated rings. The molecule has 176 valence electrons. The van der Waals surface area contributed by atoms with E-state index in [-0.39, 0.29) is 48.8 Å². The maximum Gasteiger partial charge on any atom is 0.387 e. The average molecular weight is 562 g/mol. The maximum atomic E-state index is 12.6. The molecule has 0 heterocycles. The van der Waals surface area contributed by atoms with Crippen LogP contribution in [-0.2, 0) is 17.9 Å². The number of rotatable bonds is 10. The Morgan fingerprint density at radius 2 is 1.84 bits per heavy atom. The zero-order valence-corrected chi connectivity index (χ0v) is 20.6. The van der Waals surface area contributed by atoms with Crippen LogP contribution in [0.15, 0.2) is 47.5 Å². The van der Waals surface area contributed by atoms with Crippen molar-refractivity contribution in [3.63, 3.8) is 0 Å². The van der Waals surface area contributed by atoms with Gasteiger partial charge in [-0.25, -0.2) is 0 Å². The van der Waals surface area contributed by atoms with E-state index in [1.165, 1.54) is 6.07 Å². The lowest BCUT2D eigenvalue weighted by atomic mass is 10.1. The lowest BCUT2D eigenvalue weighted by Gasteiger charge is -2.15. The van der Waals surface area contributed by atoms with Crippen molar-refractivity contribution < 1.29 is 23.0 Å². The van der Waals surface area contributed by atoms with Gasteiger partial charge in [-0.2, -0.15) is 8.78 Å². The average Bonchev–Trinajstić information content (AvgIpc) is 2.74. The number of nitrogens with one attached hydrogen (secondary N) is 3. The second kappa shape index (κ2) is 14.4. The fraction of sp³-hybridized carbons (Fsp3) is 0.364. The van der Waals surface area contributed by atoms with E-state index in [9.17, 15) is 13.6 Å². The van der Waals surface area contributed by atoms with Gasteiger partial charge in [0.15, 0.2) is 12.6 Å². The van der Waals surface area contributed by atoms with Crippen LogP contribution in [0.3, 0.4) is 0 Å². The predicted octanol–water partition coefficient (Wildman–Crippen LogP) is 3.59. The molecule has 1 amide bonds. The molecule has 0 aromatic heterocycles. The number of hydrogen-bond acceptors (Lipinski definition) is 4. The van der Waals surface area contributed by atoms with Crippen molar-refractivity contribution in [2.45, 2.75) is 33.5 Å². The molecular weight excluding hydrogens is 533 g/mol. The van der Waals surface area contributed by atoms with Gasteiger partial charge in [0, 0.05) is 32.2 Å².